The second-order valence-electron chi connectivity index (χ2n) is 9.86. The molecule has 0 spiro atoms. The number of nitrogens with one attached hydrogen (secondary N) is 1. The fraction of sp³-hybridized carbons (Fsp3) is 0.226. The normalized spacial score (nSPS) is 12.6. The standard InChI is InChI=1S/C31H30Cl2N6O4/c1-4-21(40)13-18-8-7-9-19(12-18)16-39-29-20(15-35-30(37-29)36-23-11-6-5-10-22(23)34)17-38(31(39)41)28-26(32)24(42-2)14-25(43-3)27(28)33/h5-12,14-15H,4,13,16-17,34H2,1-3H3,(H,35,36,37). The molecule has 0 saturated carbocycles. The van der Waals surface area contributed by atoms with Crippen molar-refractivity contribution < 1.29 is 19.1 Å². The van der Waals surface area contributed by atoms with Crippen molar-refractivity contribution in [2.45, 2.75) is 32.9 Å². The monoisotopic (exact) mass is 620 g/mol. The second kappa shape index (κ2) is 12.8. The fourth-order valence-electron chi connectivity index (χ4n) is 4.81. The SMILES string of the molecule is CCC(=O)Cc1cccc(CN2C(=O)N(c3c(Cl)c(OC)cc(OC)c3Cl)Cc3cnc(Nc4ccccc4N)nc32)c1. The number of methoxy groups -OCH3 is 2. The lowest BCUT2D eigenvalue weighted by Crippen LogP contribution is -2.48. The molecule has 222 valence electrons. The van der Waals surface area contributed by atoms with E-state index >= 15 is 0 Å². The Morgan fingerprint density at radius 2 is 1.72 bits per heavy atom. The Hall–Kier alpha value is -4.54. The predicted octanol–water partition coefficient (Wildman–Crippen LogP) is 6.79. The lowest BCUT2D eigenvalue weighted by molar-refractivity contribution is -0.118. The number of benzene rings is 3. The molecule has 1 aliphatic rings. The smallest absolute Gasteiger partial charge is 0.330 e. The van der Waals surface area contributed by atoms with Crippen molar-refractivity contribution in [1.29, 1.82) is 0 Å². The molecule has 10 nitrogen and oxygen atoms in total. The molecule has 4 aromatic rings. The average Bonchev–Trinajstić information content (AvgIpc) is 3.00. The largest absolute Gasteiger partial charge is 0.495 e. The molecule has 2 amide bonds. The van der Waals surface area contributed by atoms with E-state index in [0.717, 1.165) is 11.1 Å². The number of urea groups is 1. The number of para-hydroxylation sites is 2. The number of Topliss-reactive ketones (excluding diaryl/α,β-unsaturated/α-hetero) is 1. The van der Waals surface area contributed by atoms with E-state index in [0.29, 0.717) is 47.1 Å². The maximum absolute atomic E-state index is 14.3. The van der Waals surface area contributed by atoms with Crippen LogP contribution in [0.15, 0.2) is 60.8 Å². The molecule has 3 aromatic carbocycles. The fourth-order valence-corrected chi connectivity index (χ4v) is 5.51. The van der Waals surface area contributed by atoms with Gasteiger partial charge in [0, 0.05) is 30.7 Å². The average molecular weight is 622 g/mol. The van der Waals surface area contributed by atoms with Crippen LogP contribution in [-0.4, -0.2) is 36.0 Å². The number of nitrogens with zero attached hydrogens (tertiary/aromatic N) is 4. The van der Waals surface area contributed by atoms with Gasteiger partial charge in [0.1, 0.15) is 33.1 Å². The van der Waals surface area contributed by atoms with Gasteiger partial charge < -0.3 is 20.5 Å². The quantitative estimate of drug-likeness (QED) is 0.186. The summed E-state index contributed by atoms with van der Waals surface area (Å²) in [6, 6.07) is 16.0. The summed E-state index contributed by atoms with van der Waals surface area (Å²) in [6.45, 7) is 2.07. The number of ether oxygens (including phenoxy) is 2. The van der Waals surface area contributed by atoms with Crippen LogP contribution in [0.25, 0.3) is 0 Å². The van der Waals surface area contributed by atoms with Gasteiger partial charge >= 0.3 is 6.03 Å². The molecule has 1 aliphatic heterocycles. The van der Waals surface area contributed by atoms with Gasteiger partial charge in [-0.2, -0.15) is 4.98 Å². The highest BCUT2D eigenvalue weighted by Gasteiger charge is 2.37. The molecule has 0 bridgehead atoms. The molecule has 43 heavy (non-hydrogen) atoms. The van der Waals surface area contributed by atoms with E-state index in [9.17, 15) is 9.59 Å². The number of hydrogen-bond acceptors (Lipinski definition) is 8. The van der Waals surface area contributed by atoms with E-state index < -0.39 is 6.03 Å². The zero-order chi connectivity index (χ0) is 30.7. The van der Waals surface area contributed by atoms with Gasteiger partial charge in [-0.3, -0.25) is 14.6 Å². The van der Waals surface area contributed by atoms with Crippen molar-refractivity contribution in [2.75, 3.05) is 35.1 Å². The Morgan fingerprint density at radius 3 is 2.40 bits per heavy atom. The molecular formula is C31H30Cl2N6O4. The number of aromatic nitrogens is 2. The van der Waals surface area contributed by atoms with Crippen LogP contribution in [0.5, 0.6) is 11.5 Å². The number of nitrogens with two attached hydrogens (primary N) is 1. The minimum atomic E-state index is -0.425. The minimum absolute atomic E-state index is 0.0826. The van der Waals surface area contributed by atoms with E-state index in [2.05, 4.69) is 10.3 Å². The van der Waals surface area contributed by atoms with Gasteiger partial charge in [-0.25, -0.2) is 9.78 Å². The van der Waals surface area contributed by atoms with Crippen LogP contribution < -0.4 is 30.3 Å². The molecule has 0 aliphatic carbocycles. The van der Waals surface area contributed by atoms with Crippen LogP contribution in [0, 0.1) is 0 Å². The number of fused-ring (bicyclic) bond motifs is 1. The molecule has 0 unspecified atom stereocenters. The highest BCUT2D eigenvalue weighted by Crippen LogP contribution is 2.48. The summed E-state index contributed by atoms with van der Waals surface area (Å²) >= 11 is 13.5. The molecule has 0 fully saturated rings. The van der Waals surface area contributed by atoms with E-state index in [1.165, 1.54) is 24.0 Å². The maximum atomic E-state index is 14.3. The van der Waals surface area contributed by atoms with Crippen LogP contribution >= 0.6 is 23.2 Å². The molecule has 0 atom stereocenters. The number of halogens is 2. The van der Waals surface area contributed by atoms with Gasteiger partial charge in [0.2, 0.25) is 5.95 Å². The van der Waals surface area contributed by atoms with Crippen molar-refractivity contribution in [3.63, 3.8) is 0 Å². The first-order valence-corrected chi connectivity index (χ1v) is 14.3. The van der Waals surface area contributed by atoms with Crippen molar-refractivity contribution in [3.8, 4) is 11.5 Å². The number of anilines is 5. The molecule has 0 saturated heterocycles. The van der Waals surface area contributed by atoms with Gasteiger partial charge in [0.15, 0.2) is 0 Å². The summed E-state index contributed by atoms with van der Waals surface area (Å²) in [7, 11) is 2.94. The summed E-state index contributed by atoms with van der Waals surface area (Å²) in [4.78, 5) is 38.7. The van der Waals surface area contributed by atoms with Gasteiger partial charge in [-0.1, -0.05) is 66.5 Å². The third-order valence-corrected chi connectivity index (χ3v) is 7.77. The lowest BCUT2D eigenvalue weighted by Gasteiger charge is -2.37. The summed E-state index contributed by atoms with van der Waals surface area (Å²) in [6.07, 6.45) is 2.40. The number of carbonyl (C=O) groups is 2. The van der Waals surface area contributed by atoms with Crippen molar-refractivity contribution >= 4 is 63.8 Å². The van der Waals surface area contributed by atoms with Crippen LogP contribution in [0.2, 0.25) is 10.0 Å². The number of amides is 2. The highest BCUT2D eigenvalue weighted by molar-refractivity contribution is 6.42. The first-order chi connectivity index (χ1) is 20.7. The number of nitrogen functional groups attached to an aromatic ring is 1. The van der Waals surface area contributed by atoms with Crippen LogP contribution in [0.4, 0.5) is 33.6 Å². The Morgan fingerprint density at radius 1 is 1.02 bits per heavy atom. The Bertz CT molecular complexity index is 1670. The third-order valence-electron chi connectivity index (χ3n) is 7.04. The van der Waals surface area contributed by atoms with Gasteiger partial charge in [-0.05, 0) is 23.3 Å². The van der Waals surface area contributed by atoms with Gasteiger partial charge in [-0.15, -0.1) is 0 Å². The van der Waals surface area contributed by atoms with E-state index in [1.54, 1.807) is 18.3 Å². The lowest BCUT2D eigenvalue weighted by atomic mass is 10.0. The second-order valence-corrected chi connectivity index (χ2v) is 10.6. The topological polar surface area (TPSA) is 123 Å². The predicted molar refractivity (Wildman–Crippen MR) is 169 cm³/mol. The highest BCUT2D eigenvalue weighted by atomic mass is 35.5. The van der Waals surface area contributed by atoms with Crippen molar-refractivity contribution in [2.24, 2.45) is 0 Å². The number of rotatable bonds is 10. The third kappa shape index (κ3) is 6.16. The number of carbonyl (C=O) groups excluding carboxylic acids is 2. The summed E-state index contributed by atoms with van der Waals surface area (Å²) < 4.78 is 10.9. The molecule has 3 N–H and O–H groups in total. The first kappa shape index (κ1) is 29.9. The molecule has 12 heteroatoms. The number of ketones is 1. The summed E-state index contributed by atoms with van der Waals surface area (Å²) in [5.41, 5.74) is 9.83. The molecule has 0 radical (unpaired) electrons. The Labute approximate surface area is 259 Å². The number of hydrogen-bond donors (Lipinski definition) is 2. The summed E-state index contributed by atoms with van der Waals surface area (Å²) in [5, 5.41) is 3.45. The van der Waals surface area contributed by atoms with Gasteiger partial charge in [0.05, 0.1) is 44.4 Å². The molecule has 5 rings (SSSR count). The molecule has 1 aromatic heterocycles. The molecule has 2 heterocycles. The first-order valence-electron chi connectivity index (χ1n) is 13.5. The maximum Gasteiger partial charge on any atom is 0.330 e. The van der Waals surface area contributed by atoms with Crippen LogP contribution in [0.3, 0.4) is 0 Å². The Kier molecular flexibility index (Phi) is 8.89. The molecular weight excluding hydrogens is 591 g/mol. The summed E-state index contributed by atoms with van der Waals surface area (Å²) in [5.74, 6) is 1.40. The van der Waals surface area contributed by atoms with Gasteiger partial charge in [0.25, 0.3) is 0 Å². The zero-order valence-corrected chi connectivity index (χ0v) is 25.4. The zero-order valence-electron chi connectivity index (χ0n) is 23.9. The van der Waals surface area contributed by atoms with E-state index in [1.807, 2.05) is 49.4 Å². The van der Waals surface area contributed by atoms with Crippen molar-refractivity contribution in [3.05, 3.63) is 87.5 Å². The van der Waals surface area contributed by atoms with Crippen molar-refractivity contribution in [1.82, 2.24) is 9.97 Å². The van der Waals surface area contributed by atoms with E-state index in [4.69, 9.17) is 43.4 Å². The minimum Gasteiger partial charge on any atom is -0.495 e. The van der Waals surface area contributed by atoms with E-state index in [-0.39, 0.29) is 40.6 Å². The van der Waals surface area contributed by atoms with Crippen LogP contribution in [-0.2, 0) is 24.3 Å². The Balaban J connectivity index is 1.60. The van der Waals surface area contributed by atoms with Crippen LogP contribution in [0.1, 0.15) is 30.0 Å².